The summed E-state index contributed by atoms with van der Waals surface area (Å²) < 4.78 is 1.74. The van der Waals surface area contributed by atoms with Crippen LogP contribution in [0.4, 0.5) is 5.69 Å². The van der Waals surface area contributed by atoms with E-state index in [4.69, 9.17) is 0 Å². The van der Waals surface area contributed by atoms with Gasteiger partial charge in [0.25, 0.3) is 5.91 Å². The van der Waals surface area contributed by atoms with Gasteiger partial charge in [0.15, 0.2) is 5.82 Å². The Labute approximate surface area is 170 Å². The zero-order valence-corrected chi connectivity index (χ0v) is 16.7. The molecule has 0 atom stereocenters. The Hall–Kier alpha value is -3.73. The predicted octanol–water partition coefficient (Wildman–Crippen LogP) is 5.11. The van der Waals surface area contributed by atoms with E-state index in [0.29, 0.717) is 5.82 Å². The van der Waals surface area contributed by atoms with Crippen LogP contribution in [0.3, 0.4) is 0 Å². The van der Waals surface area contributed by atoms with Crippen molar-refractivity contribution >= 4 is 11.6 Å². The first kappa shape index (κ1) is 18.6. The molecule has 0 bridgehead atoms. The summed E-state index contributed by atoms with van der Waals surface area (Å²) in [5.74, 6) is 0.430. The number of carbonyl (C=O) groups is 1. The molecule has 144 valence electrons. The Morgan fingerprint density at radius 2 is 1.59 bits per heavy atom. The summed E-state index contributed by atoms with van der Waals surface area (Å²) in [6.45, 7) is 6.01. The number of amides is 1. The summed E-state index contributed by atoms with van der Waals surface area (Å²) in [5, 5.41) is 7.49. The molecule has 0 saturated heterocycles. The number of anilines is 1. The average Bonchev–Trinajstić information content (AvgIpc) is 3.16. The first-order valence-corrected chi connectivity index (χ1v) is 9.50. The van der Waals surface area contributed by atoms with Crippen molar-refractivity contribution in [3.8, 4) is 17.1 Å². The molecule has 1 aromatic heterocycles. The second-order valence-corrected chi connectivity index (χ2v) is 7.10. The van der Waals surface area contributed by atoms with Crippen LogP contribution < -0.4 is 5.32 Å². The van der Waals surface area contributed by atoms with E-state index < -0.39 is 0 Å². The van der Waals surface area contributed by atoms with Gasteiger partial charge < -0.3 is 5.32 Å². The predicted molar refractivity (Wildman–Crippen MR) is 115 cm³/mol. The summed E-state index contributed by atoms with van der Waals surface area (Å²) in [6, 6.07) is 23.6. The van der Waals surface area contributed by atoms with Gasteiger partial charge in [-0.25, -0.2) is 9.67 Å². The lowest BCUT2D eigenvalue weighted by Crippen LogP contribution is -2.15. The minimum Gasteiger partial charge on any atom is -0.319 e. The maximum absolute atomic E-state index is 12.9. The maximum atomic E-state index is 12.9. The van der Waals surface area contributed by atoms with Crippen LogP contribution in [0.5, 0.6) is 0 Å². The molecule has 0 fully saturated rings. The van der Waals surface area contributed by atoms with E-state index in [2.05, 4.69) is 15.4 Å². The second kappa shape index (κ2) is 7.72. The van der Waals surface area contributed by atoms with Crippen LogP contribution in [-0.4, -0.2) is 20.7 Å². The number of carbonyl (C=O) groups excluding carboxylic acids is 1. The summed E-state index contributed by atoms with van der Waals surface area (Å²) in [6.07, 6.45) is 0. The monoisotopic (exact) mass is 382 g/mol. The number of para-hydroxylation sites is 1. The molecule has 0 aliphatic heterocycles. The molecule has 0 saturated carbocycles. The van der Waals surface area contributed by atoms with E-state index in [0.717, 1.165) is 33.6 Å². The number of aromatic nitrogens is 3. The van der Waals surface area contributed by atoms with E-state index in [1.807, 2.05) is 93.6 Å². The van der Waals surface area contributed by atoms with Gasteiger partial charge in [0.1, 0.15) is 0 Å². The van der Waals surface area contributed by atoms with Gasteiger partial charge in [-0.3, -0.25) is 4.79 Å². The van der Waals surface area contributed by atoms with Gasteiger partial charge in [0.2, 0.25) is 5.82 Å². The third kappa shape index (κ3) is 3.80. The molecular formula is C24H22N4O. The molecule has 1 amide bonds. The van der Waals surface area contributed by atoms with Crippen LogP contribution in [0.2, 0.25) is 0 Å². The molecule has 4 aromatic rings. The molecule has 29 heavy (non-hydrogen) atoms. The number of hydrogen-bond acceptors (Lipinski definition) is 3. The van der Waals surface area contributed by atoms with Crippen LogP contribution in [0.25, 0.3) is 17.1 Å². The molecule has 0 aliphatic rings. The molecule has 4 rings (SSSR count). The van der Waals surface area contributed by atoms with Crippen molar-refractivity contribution in [1.29, 1.82) is 0 Å². The van der Waals surface area contributed by atoms with Gasteiger partial charge in [0, 0.05) is 11.3 Å². The summed E-state index contributed by atoms with van der Waals surface area (Å²) in [5.41, 5.74) is 5.75. The topological polar surface area (TPSA) is 59.8 Å². The minimum atomic E-state index is -0.332. The number of nitrogens with zero attached hydrogens (tertiary/aromatic N) is 3. The highest BCUT2D eigenvalue weighted by Crippen LogP contribution is 2.24. The molecule has 0 unspecified atom stereocenters. The Morgan fingerprint density at radius 1 is 0.862 bits per heavy atom. The Kier molecular flexibility index (Phi) is 4.96. The van der Waals surface area contributed by atoms with Gasteiger partial charge in [-0.15, -0.1) is 5.10 Å². The number of rotatable bonds is 4. The zero-order chi connectivity index (χ0) is 20.4. The number of hydrogen-bond donors (Lipinski definition) is 1. The molecule has 0 spiro atoms. The standard InChI is InChI=1S/C24H22N4O/c1-16-13-14-20(18(3)15-16)25-24(29)22-26-23(19-10-5-4-6-11-19)28(27-22)21-12-8-7-9-17(21)2/h4-15H,1-3H3,(H,25,29). The quantitative estimate of drug-likeness (QED) is 0.533. The SMILES string of the molecule is Cc1ccc(NC(=O)c2nc(-c3ccccc3)n(-c3ccccc3C)n2)c(C)c1. The molecule has 5 heteroatoms. The smallest absolute Gasteiger partial charge is 0.295 e. The Bertz CT molecular complexity index is 1180. The van der Waals surface area contributed by atoms with Crippen molar-refractivity contribution in [1.82, 2.24) is 14.8 Å². The number of nitrogens with one attached hydrogen (secondary N) is 1. The maximum Gasteiger partial charge on any atom is 0.295 e. The van der Waals surface area contributed by atoms with Crippen LogP contribution >= 0.6 is 0 Å². The van der Waals surface area contributed by atoms with Crippen LogP contribution in [0.1, 0.15) is 27.3 Å². The van der Waals surface area contributed by atoms with Crippen LogP contribution in [-0.2, 0) is 0 Å². The molecule has 1 heterocycles. The number of benzene rings is 3. The lowest BCUT2D eigenvalue weighted by Gasteiger charge is -2.08. The van der Waals surface area contributed by atoms with Crippen molar-refractivity contribution in [3.05, 3.63) is 95.3 Å². The van der Waals surface area contributed by atoms with E-state index in [1.165, 1.54) is 0 Å². The van der Waals surface area contributed by atoms with Gasteiger partial charge >= 0.3 is 0 Å². The van der Waals surface area contributed by atoms with Crippen molar-refractivity contribution in [2.75, 3.05) is 5.32 Å². The first-order chi connectivity index (χ1) is 14.0. The third-order valence-electron chi connectivity index (χ3n) is 4.82. The van der Waals surface area contributed by atoms with Gasteiger partial charge in [-0.05, 0) is 44.0 Å². The summed E-state index contributed by atoms with van der Waals surface area (Å²) in [7, 11) is 0. The lowest BCUT2D eigenvalue weighted by atomic mass is 10.1. The fraction of sp³-hybridized carbons (Fsp3) is 0.125. The van der Waals surface area contributed by atoms with Crippen molar-refractivity contribution < 1.29 is 4.79 Å². The highest BCUT2D eigenvalue weighted by molar-refractivity contribution is 6.02. The summed E-state index contributed by atoms with van der Waals surface area (Å²) >= 11 is 0. The average molecular weight is 382 g/mol. The van der Waals surface area contributed by atoms with Gasteiger partial charge in [-0.2, -0.15) is 0 Å². The molecule has 1 N–H and O–H groups in total. The lowest BCUT2D eigenvalue weighted by molar-refractivity contribution is 0.101. The fourth-order valence-electron chi connectivity index (χ4n) is 3.28. The molecular weight excluding hydrogens is 360 g/mol. The zero-order valence-electron chi connectivity index (χ0n) is 16.7. The van der Waals surface area contributed by atoms with E-state index >= 15 is 0 Å². The fourth-order valence-corrected chi connectivity index (χ4v) is 3.28. The number of aryl methyl sites for hydroxylation is 3. The normalized spacial score (nSPS) is 10.7. The highest BCUT2D eigenvalue weighted by atomic mass is 16.2. The Balaban J connectivity index is 1.77. The van der Waals surface area contributed by atoms with E-state index in [-0.39, 0.29) is 11.7 Å². The second-order valence-electron chi connectivity index (χ2n) is 7.10. The first-order valence-electron chi connectivity index (χ1n) is 9.50. The largest absolute Gasteiger partial charge is 0.319 e. The minimum absolute atomic E-state index is 0.132. The molecule has 3 aromatic carbocycles. The molecule has 5 nitrogen and oxygen atoms in total. The van der Waals surface area contributed by atoms with Crippen molar-refractivity contribution in [3.63, 3.8) is 0 Å². The van der Waals surface area contributed by atoms with Crippen molar-refractivity contribution in [2.24, 2.45) is 0 Å². The van der Waals surface area contributed by atoms with Crippen LogP contribution in [0.15, 0.2) is 72.8 Å². The van der Waals surface area contributed by atoms with E-state index in [1.54, 1.807) is 4.68 Å². The van der Waals surface area contributed by atoms with Crippen LogP contribution in [0, 0.1) is 20.8 Å². The van der Waals surface area contributed by atoms with Gasteiger partial charge in [-0.1, -0.05) is 66.2 Å². The van der Waals surface area contributed by atoms with Gasteiger partial charge in [0.05, 0.1) is 5.69 Å². The third-order valence-corrected chi connectivity index (χ3v) is 4.82. The van der Waals surface area contributed by atoms with Crippen molar-refractivity contribution in [2.45, 2.75) is 20.8 Å². The highest BCUT2D eigenvalue weighted by Gasteiger charge is 2.20. The van der Waals surface area contributed by atoms with E-state index in [9.17, 15) is 4.79 Å². The summed E-state index contributed by atoms with van der Waals surface area (Å²) in [4.78, 5) is 17.5. The Morgan fingerprint density at radius 3 is 2.31 bits per heavy atom. The molecule has 0 aliphatic carbocycles. The molecule has 0 radical (unpaired) electrons.